The highest BCUT2D eigenvalue weighted by atomic mass is 35.5. The number of hydrogen-bond donors (Lipinski definition) is 1. The molecule has 142 valence electrons. The molecule has 1 aliphatic heterocycles. The number of carbonyl (C=O) groups is 1. The first kappa shape index (κ1) is 20.8. The van der Waals surface area contributed by atoms with Crippen LogP contribution in [0.4, 0.5) is 0 Å². The van der Waals surface area contributed by atoms with Gasteiger partial charge in [-0.25, -0.2) is 0 Å². The molecular formula is C17H20Cl3N3O3. The van der Waals surface area contributed by atoms with Crippen molar-refractivity contribution in [2.45, 2.75) is 25.5 Å². The van der Waals surface area contributed by atoms with E-state index < -0.39 is 0 Å². The van der Waals surface area contributed by atoms with E-state index in [9.17, 15) is 4.79 Å². The Kier molecular flexibility index (Phi) is 7.58. The van der Waals surface area contributed by atoms with Crippen LogP contribution in [0.15, 0.2) is 28.8 Å². The largest absolute Gasteiger partial charge is 0.482 e. The van der Waals surface area contributed by atoms with Gasteiger partial charge in [0.25, 0.3) is 5.91 Å². The molecule has 1 N–H and O–H groups in total. The molecule has 1 amide bonds. The molecule has 6 nitrogen and oxygen atoms in total. The Balaban J connectivity index is 0.00000243. The predicted octanol–water partition coefficient (Wildman–Crippen LogP) is 3.81. The fourth-order valence-electron chi connectivity index (χ4n) is 2.78. The third kappa shape index (κ3) is 4.82. The Labute approximate surface area is 168 Å². The van der Waals surface area contributed by atoms with Crippen LogP contribution >= 0.6 is 35.6 Å². The number of benzene rings is 1. The summed E-state index contributed by atoms with van der Waals surface area (Å²) in [5, 5.41) is 7.92. The SMILES string of the molecule is CNC1CCN(C(=O)c2cc(COc3c(Cl)cccc3Cl)on2)CC1.Cl. The Hall–Kier alpha value is -1.47. The number of rotatable bonds is 5. The Morgan fingerprint density at radius 2 is 2.00 bits per heavy atom. The number of piperidine rings is 1. The highest BCUT2D eigenvalue weighted by Gasteiger charge is 2.25. The van der Waals surface area contributed by atoms with Crippen LogP contribution in [0.3, 0.4) is 0 Å². The number of ether oxygens (including phenoxy) is 1. The lowest BCUT2D eigenvalue weighted by Gasteiger charge is -2.31. The van der Waals surface area contributed by atoms with Crippen molar-refractivity contribution in [1.29, 1.82) is 0 Å². The molecule has 0 unspecified atom stereocenters. The fourth-order valence-corrected chi connectivity index (χ4v) is 3.29. The van der Waals surface area contributed by atoms with Crippen LogP contribution in [0, 0.1) is 0 Å². The number of halogens is 3. The van der Waals surface area contributed by atoms with Crippen LogP contribution < -0.4 is 10.1 Å². The predicted molar refractivity (Wildman–Crippen MR) is 103 cm³/mol. The van der Waals surface area contributed by atoms with Crippen molar-refractivity contribution in [2.24, 2.45) is 0 Å². The van der Waals surface area contributed by atoms with Gasteiger partial charge in [-0.15, -0.1) is 12.4 Å². The van der Waals surface area contributed by atoms with Crippen molar-refractivity contribution in [1.82, 2.24) is 15.4 Å². The summed E-state index contributed by atoms with van der Waals surface area (Å²) in [5.74, 6) is 0.689. The summed E-state index contributed by atoms with van der Waals surface area (Å²) >= 11 is 12.1. The second-order valence-electron chi connectivity index (χ2n) is 5.87. The van der Waals surface area contributed by atoms with Crippen molar-refractivity contribution < 1.29 is 14.1 Å². The summed E-state index contributed by atoms with van der Waals surface area (Å²) in [5.41, 5.74) is 0.284. The highest BCUT2D eigenvalue weighted by molar-refractivity contribution is 6.37. The Bertz CT molecular complexity index is 726. The quantitative estimate of drug-likeness (QED) is 0.797. The summed E-state index contributed by atoms with van der Waals surface area (Å²) in [6.07, 6.45) is 1.86. The van der Waals surface area contributed by atoms with E-state index in [4.69, 9.17) is 32.5 Å². The standard InChI is InChI=1S/C17H19Cl2N3O3.ClH/c1-20-11-5-7-22(8-6-11)17(23)15-9-12(25-21-15)10-24-16-13(18)3-2-4-14(16)19;/h2-4,9,11,20H,5-8,10H2,1H3;1H. The van der Waals surface area contributed by atoms with E-state index in [1.807, 2.05) is 7.05 Å². The zero-order valence-corrected chi connectivity index (χ0v) is 16.5. The minimum atomic E-state index is -0.125. The van der Waals surface area contributed by atoms with Crippen molar-refractivity contribution in [3.63, 3.8) is 0 Å². The molecule has 0 spiro atoms. The molecule has 0 saturated carbocycles. The van der Waals surface area contributed by atoms with E-state index in [0.717, 1.165) is 12.8 Å². The Morgan fingerprint density at radius 3 is 2.62 bits per heavy atom. The molecule has 0 atom stereocenters. The van der Waals surface area contributed by atoms with Gasteiger partial charge in [0.1, 0.15) is 6.61 Å². The molecule has 1 saturated heterocycles. The molecule has 2 aromatic rings. The van der Waals surface area contributed by atoms with E-state index in [1.165, 1.54) is 0 Å². The summed E-state index contributed by atoms with van der Waals surface area (Å²) in [6.45, 7) is 1.50. The molecule has 9 heteroatoms. The molecule has 3 rings (SSSR count). The van der Waals surface area contributed by atoms with Crippen LogP contribution in [0.2, 0.25) is 10.0 Å². The average molecular weight is 421 g/mol. The van der Waals surface area contributed by atoms with Gasteiger partial charge < -0.3 is 19.5 Å². The van der Waals surface area contributed by atoms with E-state index >= 15 is 0 Å². The smallest absolute Gasteiger partial charge is 0.276 e. The van der Waals surface area contributed by atoms with Crippen molar-refractivity contribution in [3.8, 4) is 5.75 Å². The van der Waals surface area contributed by atoms with Crippen LogP contribution in [0.25, 0.3) is 0 Å². The molecule has 0 aliphatic carbocycles. The minimum absolute atomic E-state index is 0. The van der Waals surface area contributed by atoms with Crippen molar-refractivity contribution >= 4 is 41.5 Å². The lowest BCUT2D eigenvalue weighted by molar-refractivity contribution is 0.0696. The summed E-state index contributed by atoms with van der Waals surface area (Å²) in [7, 11) is 1.94. The van der Waals surface area contributed by atoms with E-state index in [2.05, 4.69) is 10.5 Å². The molecule has 0 bridgehead atoms. The Morgan fingerprint density at radius 1 is 1.35 bits per heavy atom. The number of nitrogens with one attached hydrogen (secondary N) is 1. The lowest BCUT2D eigenvalue weighted by Crippen LogP contribution is -2.44. The average Bonchev–Trinajstić information content (AvgIpc) is 3.10. The molecule has 1 aromatic heterocycles. The normalized spacial score (nSPS) is 14.8. The van der Waals surface area contributed by atoms with Gasteiger partial charge in [-0.3, -0.25) is 4.79 Å². The van der Waals surface area contributed by atoms with Gasteiger partial charge in [0.2, 0.25) is 0 Å². The number of carbonyl (C=O) groups excluding carboxylic acids is 1. The van der Waals surface area contributed by atoms with Gasteiger partial charge in [-0.2, -0.15) is 0 Å². The van der Waals surface area contributed by atoms with Gasteiger partial charge in [0.05, 0.1) is 10.0 Å². The van der Waals surface area contributed by atoms with Gasteiger partial charge in [-0.1, -0.05) is 34.4 Å². The van der Waals surface area contributed by atoms with Crippen molar-refractivity contribution in [2.75, 3.05) is 20.1 Å². The third-order valence-electron chi connectivity index (χ3n) is 4.25. The minimum Gasteiger partial charge on any atom is -0.482 e. The molecule has 2 heterocycles. The fraction of sp³-hybridized carbons (Fsp3) is 0.412. The van der Waals surface area contributed by atoms with Gasteiger partial charge in [0, 0.05) is 25.2 Å². The summed E-state index contributed by atoms with van der Waals surface area (Å²) in [4.78, 5) is 14.3. The van der Waals surface area contributed by atoms with Gasteiger partial charge in [0.15, 0.2) is 17.2 Å². The second-order valence-corrected chi connectivity index (χ2v) is 6.69. The molecule has 1 fully saturated rings. The first-order chi connectivity index (χ1) is 12.1. The van der Waals surface area contributed by atoms with E-state index in [0.29, 0.717) is 40.7 Å². The van der Waals surface area contributed by atoms with E-state index in [-0.39, 0.29) is 30.6 Å². The van der Waals surface area contributed by atoms with E-state index in [1.54, 1.807) is 29.2 Å². The summed E-state index contributed by atoms with van der Waals surface area (Å²) in [6, 6.07) is 7.17. The molecule has 1 aromatic carbocycles. The highest BCUT2D eigenvalue weighted by Crippen LogP contribution is 2.33. The summed E-state index contributed by atoms with van der Waals surface area (Å²) < 4.78 is 10.8. The monoisotopic (exact) mass is 419 g/mol. The number of hydrogen-bond acceptors (Lipinski definition) is 5. The second kappa shape index (κ2) is 9.46. The number of para-hydroxylation sites is 1. The first-order valence-electron chi connectivity index (χ1n) is 8.07. The van der Waals surface area contributed by atoms with Gasteiger partial charge >= 0.3 is 0 Å². The van der Waals surface area contributed by atoms with Crippen LogP contribution in [0.5, 0.6) is 5.75 Å². The zero-order valence-electron chi connectivity index (χ0n) is 14.2. The van der Waals surface area contributed by atoms with Gasteiger partial charge in [-0.05, 0) is 32.0 Å². The topological polar surface area (TPSA) is 67.6 Å². The number of likely N-dealkylation sites (tertiary alicyclic amines) is 1. The molecular weight excluding hydrogens is 401 g/mol. The van der Waals surface area contributed by atoms with Crippen LogP contribution in [-0.4, -0.2) is 42.1 Å². The van der Waals surface area contributed by atoms with Crippen LogP contribution in [0.1, 0.15) is 29.1 Å². The lowest BCUT2D eigenvalue weighted by atomic mass is 10.1. The zero-order chi connectivity index (χ0) is 17.8. The van der Waals surface area contributed by atoms with Crippen molar-refractivity contribution in [3.05, 3.63) is 45.8 Å². The maximum absolute atomic E-state index is 12.5. The van der Waals surface area contributed by atoms with Crippen LogP contribution in [-0.2, 0) is 6.61 Å². The first-order valence-corrected chi connectivity index (χ1v) is 8.83. The molecule has 26 heavy (non-hydrogen) atoms. The maximum atomic E-state index is 12.5. The molecule has 1 aliphatic rings. The maximum Gasteiger partial charge on any atom is 0.276 e. The number of nitrogens with zero attached hydrogens (tertiary/aromatic N) is 2. The molecule has 0 radical (unpaired) electrons. The number of amides is 1. The number of aromatic nitrogens is 1. The third-order valence-corrected chi connectivity index (χ3v) is 4.84.